The molecule has 4 aliphatic rings. The zero-order valence-electron chi connectivity index (χ0n) is 39.2. The molecule has 7 heterocycles. The number of hydrazine groups is 1. The number of hydrogen-bond donors (Lipinski definition) is 2. The molecule has 3 aromatic heterocycles. The van der Waals surface area contributed by atoms with Crippen molar-refractivity contribution in [1.82, 2.24) is 40.1 Å². The Labute approximate surface area is 420 Å². The van der Waals surface area contributed by atoms with Crippen LogP contribution < -0.4 is 10.7 Å². The van der Waals surface area contributed by atoms with E-state index in [9.17, 15) is 19.2 Å². The molecule has 4 aromatic rings. The molecular weight excluding hydrogens is 937 g/mol. The second-order valence-electron chi connectivity index (χ2n) is 18.5. The van der Waals surface area contributed by atoms with Gasteiger partial charge in [0, 0.05) is 79.2 Å². The van der Waals surface area contributed by atoms with Gasteiger partial charge in [0.15, 0.2) is 0 Å². The van der Waals surface area contributed by atoms with Crippen molar-refractivity contribution in [2.24, 2.45) is 11.3 Å². The highest BCUT2D eigenvalue weighted by Crippen LogP contribution is 2.42. The van der Waals surface area contributed by atoms with Gasteiger partial charge in [0.25, 0.3) is 5.91 Å². The van der Waals surface area contributed by atoms with E-state index in [1.807, 2.05) is 32.2 Å². The standard InChI is InChI=1S/C46H60N8O7S.4H2S/c1-9-52-36-15-14-29-20-31(36)32(40(52)30-12-10-17-47-38(30)28(4)59-8)22-45(5,6)24-61-43(57)33-13-11-18-54(50-33)42(56)34(21-37-48-35(29)23-62-37)49-41(55)39(27(2)3)51(7)44(58)53-19-16-46(53)25-60-26-46;;;;/h10,12,14-15,17,20,23,27-28,33-34,39,50H,9,11,13,16,18-19,21-22,24-26H2,1-8H3,(H,49,55);4*1H2/t28-,33-,34-,39-;;;;/m0..../s1. The number of cyclic esters (lactones) is 1. The second kappa shape index (κ2) is 22.3. The minimum atomic E-state index is -1.04. The third-order valence-electron chi connectivity index (χ3n) is 13.1. The smallest absolute Gasteiger partial charge is 0.324 e. The first-order valence-corrected chi connectivity index (χ1v) is 22.8. The Bertz CT molecular complexity index is 2370. The summed E-state index contributed by atoms with van der Waals surface area (Å²) in [5, 5.41) is 8.20. The average molecular weight is 1010 g/mol. The number of methoxy groups -OCH3 is 1. The Balaban J connectivity index is 0.00000238. The van der Waals surface area contributed by atoms with Gasteiger partial charge in [0.1, 0.15) is 18.1 Å². The molecule has 4 atom stereocenters. The van der Waals surface area contributed by atoms with E-state index in [-0.39, 0.29) is 90.6 Å². The summed E-state index contributed by atoms with van der Waals surface area (Å²) < 4.78 is 19.7. The van der Waals surface area contributed by atoms with Gasteiger partial charge < -0.3 is 33.9 Å². The first kappa shape index (κ1) is 55.1. The monoisotopic (exact) mass is 1000 g/mol. The van der Waals surface area contributed by atoms with Crippen molar-refractivity contribution in [1.29, 1.82) is 0 Å². The molecular formula is C46H68N8O7S5. The van der Waals surface area contributed by atoms with E-state index >= 15 is 0 Å². The molecule has 3 fully saturated rings. The normalized spacial score (nSPS) is 20.7. The molecule has 0 unspecified atom stereocenters. The molecule has 0 aliphatic carbocycles. The van der Waals surface area contributed by atoms with Crippen LogP contribution in [0, 0.1) is 11.3 Å². The quantitative estimate of drug-likeness (QED) is 0.195. The third-order valence-corrected chi connectivity index (χ3v) is 14.0. The van der Waals surface area contributed by atoms with E-state index in [0.717, 1.165) is 51.1 Å². The van der Waals surface area contributed by atoms with Crippen molar-refractivity contribution in [2.75, 3.05) is 47.1 Å². The summed E-state index contributed by atoms with van der Waals surface area (Å²) in [6, 6.07) is 7.57. The zero-order chi connectivity index (χ0) is 44.1. The van der Waals surface area contributed by atoms with Crippen molar-refractivity contribution in [3.63, 3.8) is 0 Å². The van der Waals surface area contributed by atoms with E-state index in [2.05, 4.69) is 60.3 Å². The fourth-order valence-electron chi connectivity index (χ4n) is 9.53. The number of aryl methyl sites for hydroxylation is 1. The van der Waals surface area contributed by atoms with Crippen LogP contribution in [0.15, 0.2) is 41.9 Å². The van der Waals surface area contributed by atoms with Gasteiger partial charge >= 0.3 is 12.0 Å². The summed E-state index contributed by atoms with van der Waals surface area (Å²) in [6.07, 6.45) is 4.16. The van der Waals surface area contributed by atoms with Crippen LogP contribution in [0.2, 0.25) is 0 Å². The van der Waals surface area contributed by atoms with Crippen LogP contribution in [0.5, 0.6) is 0 Å². The predicted molar refractivity (Wildman–Crippen MR) is 278 cm³/mol. The second-order valence-corrected chi connectivity index (χ2v) is 19.4. The number of aromatic nitrogens is 3. The number of carbonyl (C=O) groups is 4. The van der Waals surface area contributed by atoms with E-state index in [0.29, 0.717) is 57.1 Å². The Kier molecular flexibility index (Phi) is 18.6. The highest BCUT2D eigenvalue weighted by atomic mass is 32.1. The van der Waals surface area contributed by atoms with Crippen LogP contribution in [0.25, 0.3) is 33.4 Å². The average Bonchev–Trinajstić information content (AvgIpc) is 3.82. The zero-order valence-corrected chi connectivity index (χ0v) is 44.0. The molecule has 1 aromatic carbocycles. The number of ether oxygens (including phenoxy) is 3. The number of amides is 4. The van der Waals surface area contributed by atoms with Crippen molar-refractivity contribution in [3.8, 4) is 22.5 Å². The van der Waals surface area contributed by atoms with Crippen LogP contribution in [0.3, 0.4) is 0 Å². The number of carbonyl (C=O) groups excluding carboxylic acids is 4. The van der Waals surface area contributed by atoms with Gasteiger partial charge in [-0.15, -0.1) is 11.3 Å². The first-order valence-electron chi connectivity index (χ1n) is 21.9. The molecule has 6 bridgehead atoms. The molecule has 15 nitrogen and oxygen atoms in total. The lowest BCUT2D eigenvalue weighted by Gasteiger charge is -2.58. The Hall–Kier alpha value is -3.50. The van der Waals surface area contributed by atoms with Gasteiger partial charge in [-0.05, 0) is 75.3 Å². The molecule has 66 heavy (non-hydrogen) atoms. The third kappa shape index (κ3) is 10.5. The number of fused-ring (bicyclic) bond motifs is 6. The van der Waals surface area contributed by atoms with Crippen molar-refractivity contribution >= 4 is 100 Å². The Morgan fingerprint density at radius 2 is 1.82 bits per heavy atom. The predicted octanol–water partition coefficient (Wildman–Crippen LogP) is 6.20. The number of benzene rings is 1. The van der Waals surface area contributed by atoms with E-state index in [1.54, 1.807) is 25.3 Å². The summed E-state index contributed by atoms with van der Waals surface area (Å²) in [5.74, 6) is -1.53. The Morgan fingerprint density at radius 3 is 2.45 bits per heavy atom. The van der Waals surface area contributed by atoms with Crippen LogP contribution in [0.4, 0.5) is 4.79 Å². The van der Waals surface area contributed by atoms with Crippen molar-refractivity contribution in [3.05, 3.63) is 58.2 Å². The number of urea groups is 1. The lowest BCUT2D eigenvalue weighted by Crippen LogP contribution is -2.74. The minimum Gasteiger partial charge on any atom is -0.464 e. The van der Waals surface area contributed by atoms with Crippen molar-refractivity contribution < 1.29 is 33.4 Å². The Morgan fingerprint density at radius 1 is 1.08 bits per heavy atom. The van der Waals surface area contributed by atoms with Gasteiger partial charge in [-0.3, -0.25) is 24.4 Å². The number of likely N-dealkylation sites (tertiary alicyclic amines) is 1. The SMILES string of the molecule is CCn1c(-c2cccnc2[C@H](C)OC)c2c3cc(ccc31)-c1csc(n1)C[C@H](NC(=O)[C@H](C(C)C)N(C)C(=O)N1CCC13COC3)C(=O)N1CCC[C@H](N1)C(=O)OCC(C)(C)C2.S.S.S.S. The number of esters is 1. The van der Waals surface area contributed by atoms with Crippen molar-refractivity contribution in [2.45, 2.75) is 110 Å². The molecule has 4 amide bonds. The number of nitrogens with one attached hydrogen (secondary N) is 2. The molecule has 8 rings (SSSR count). The molecule has 3 saturated heterocycles. The van der Waals surface area contributed by atoms with Crippen LogP contribution in [0.1, 0.15) is 83.2 Å². The summed E-state index contributed by atoms with van der Waals surface area (Å²) in [6.45, 7) is 14.9. The molecule has 0 radical (unpaired) electrons. The number of likely N-dealkylation sites (N-methyl/N-ethyl adjacent to an activating group) is 1. The van der Waals surface area contributed by atoms with E-state index in [1.165, 1.54) is 21.2 Å². The fourth-order valence-corrected chi connectivity index (χ4v) is 10.4. The molecule has 1 spiro atoms. The summed E-state index contributed by atoms with van der Waals surface area (Å²) >= 11 is 1.43. The van der Waals surface area contributed by atoms with Crippen LogP contribution >= 0.6 is 65.3 Å². The number of hydrogen-bond acceptors (Lipinski definition) is 11. The lowest BCUT2D eigenvalue weighted by molar-refractivity contribution is -0.174. The number of pyridine rings is 1. The van der Waals surface area contributed by atoms with Gasteiger partial charge in [-0.2, -0.15) is 54.0 Å². The van der Waals surface area contributed by atoms with E-state index in [4.69, 9.17) is 24.2 Å². The molecule has 4 aliphatic heterocycles. The molecule has 2 N–H and O–H groups in total. The molecule has 20 heteroatoms. The largest absolute Gasteiger partial charge is 0.464 e. The first-order chi connectivity index (χ1) is 29.6. The fraction of sp³-hybridized carbons (Fsp3) is 0.565. The number of nitrogens with zero attached hydrogens (tertiary/aromatic N) is 6. The maximum Gasteiger partial charge on any atom is 0.324 e. The maximum atomic E-state index is 14.6. The molecule has 364 valence electrons. The topological polar surface area (TPSA) is 160 Å². The van der Waals surface area contributed by atoms with Gasteiger partial charge in [-0.1, -0.05) is 33.8 Å². The summed E-state index contributed by atoms with van der Waals surface area (Å²) in [4.78, 5) is 69.8. The highest BCUT2D eigenvalue weighted by molar-refractivity contribution is 7.59. The van der Waals surface area contributed by atoms with Crippen LogP contribution in [-0.4, -0.2) is 124 Å². The number of rotatable bonds is 8. The van der Waals surface area contributed by atoms with Crippen LogP contribution in [-0.2, 0) is 48.0 Å². The maximum absolute atomic E-state index is 14.6. The summed E-state index contributed by atoms with van der Waals surface area (Å²) in [5.41, 5.74) is 9.09. The number of thiazole rings is 1. The van der Waals surface area contributed by atoms with E-state index < -0.39 is 41.3 Å². The molecule has 0 saturated carbocycles. The van der Waals surface area contributed by atoms with Gasteiger partial charge in [0.2, 0.25) is 5.91 Å². The van der Waals surface area contributed by atoms with Gasteiger partial charge in [0.05, 0.1) is 53.6 Å². The van der Waals surface area contributed by atoms with Gasteiger partial charge in [-0.25, -0.2) is 15.2 Å². The summed E-state index contributed by atoms with van der Waals surface area (Å²) in [7, 11) is 3.34. The lowest BCUT2D eigenvalue weighted by atomic mass is 9.83. The highest BCUT2D eigenvalue weighted by Gasteiger charge is 2.54. The minimum absolute atomic E-state index is 0.